The van der Waals surface area contributed by atoms with Crippen LogP contribution < -0.4 is 16.2 Å². The molecule has 2 aromatic carbocycles. The molecular weight excluding hydrogens is 402 g/mol. The summed E-state index contributed by atoms with van der Waals surface area (Å²) in [6.45, 7) is 1.43. The van der Waals surface area contributed by atoms with E-state index in [9.17, 15) is 19.5 Å². The van der Waals surface area contributed by atoms with Crippen LogP contribution in [-0.2, 0) is 14.3 Å². The summed E-state index contributed by atoms with van der Waals surface area (Å²) < 4.78 is 9.72. The predicted octanol–water partition coefficient (Wildman–Crippen LogP) is 2.05. The zero-order chi connectivity index (χ0) is 22.4. The number of alkyl carbamates (subject to hydrolysis) is 1. The van der Waals surface area contributed by atoms with Crippen LogP contribution in [0, 0.1) is 0 Å². The van der Waals surface area contributed by atoms with Gasteiger partial charge in [-0.2, -0.15) is 0 Å². The molecule has 0 fully saturated rings. The van der Waals surface area contributed by atoms with Crippen molar-refractivity contribution in [3.8, 4) is 11.1 Å². The van der Waals surface area contributed by atoms with Gasteiger partial charge in [0.25, 0.3) is 5.91 Å². The third-order valence-electron chi connectivity index (χ3n) is 5.18. The highest BCUT2D eigenvalue weighted by atomic mass is 16.5. The van der Waals surface area contributed by atoms with E-state index in [1.165, 1.54) is 6.92 Å². The number of methoxy groups -OCH3 is 1. The first-order chi connectivity index (χ1) is 14.8. The molecule has 0 unspecified atom stereocenters. The van der Waals surface area contributed by atoms with Crippen LogP contribution >= 0.6 is 0 Å². The van der Waals surface area contributed by atoms with Gasteiger partial charge in [0.05, 0.1) is 7.11 Å². The maximum Gasteiger partial charge on any atom is 0.425 e. The van der Waals surface area contributed by atoms with Crippen molar-refractivity contribution in [3.05, 3.63) is 59.7 Å². The van der Waals surface area contributed by atoms with Gasteiger partial charge in [-0.1, -0.05) is 48.5 Å². The van der Waals surface area contributed by atoms with Gasteiger partial charge in [0.2, 0.25) is 0 Å². The van der Waals surface area contributed by atoms with Crippen molar-refractivity contribution in [3.63, 3.8) is 0 Å². The van der Waals surface area contributed by atoms with E-state index < -0.39 is 23.7 Å². The maximum atomic E-state index is 12.1. The fraction of sp³-hybridized carbons (Fsp3) is 0.318. The molecule has 1 aliphatic carbocycles. The first kappa shape index (κ1) is 22.1. The summed E-state index contributed by atoms with van der Waals surface area (Å²) in [7, 11) is 1.14. The van der Waals surface area contributed by atoms with Crippen molar-refractivity contribution >= 4 is 18.1 Å². The summed E-state index contributed by atoms with van der Waals surface area (Å²) in [4.78, 5) is 35.0. The Morgan fingerprint density at radius 1 is 0.968 bits per heavy atom. The van der Waals surface area contributed by atoms with E-state index in [-0.39, 0.29) is 25.5 Å². The zero-order valence-corrected chi connectivity index (χ0v) is 17.3. The molecule has 0 bridgehead atoms. The molecule has 3 amide bonds. The van der Waals surface area contributed by atoms with E-state index in [1.54, 1.807) is 0 Å². The zero-order valence-electron chi connectivity index (χ0n) is 17.3. The SMILES string of the molecule is COC(=O)NNC(=O)[C@@](C)(O)CCNC(=O)OCC1c2ccccc2-c2ccccc21. The second-order valence-electron chi connectivity index (χ2n) is 7.35. The highest BCUT2D eigenvalue weighted by Gasteiger charge is 2.31. The summed E-state index contributed by atoms with van der Waals surface area (Å²) in [5.41, 5.74) is 6.67. The molecule has 3 rings (SSSR count). The van der Waals surface area contributed by atoms with Crippen molar-refractivity contribution < 1.29 is 29.0 Å². The number of nitrogens with one attached hydrogen (secondary N) is 3. The van der Waals surface area contributed by atoms with Crippen LogP contribution in [0.3, 0.4) is 0 Å². The van der Waals surface area contributed by atoms with Gasteiger partial charge >= 0.3 is 12.2 Å². The fourth-order valence-corrected chi connectivity index (χ4v) is 3.46. The standard InChI is InChI=1S/C22H25N3O6/c1-22(29,19(26)24-25-21(28)30-2)11-12-23-20(27)31-13-18-16-9-5-3-7-14(16)15-8-4-6-10-17(15)18/h3-10,18,29H,11-13H2,1-2H3,(H,23,27)(H,24,26)(H,25,28)/t22-/m0/s1. The maximum absolute atomic E-state index is 12.1. The minimum atomic E-state index is -1.82. The van der Waals surface area contributed by atoms with Gasteiger partial charge in [-0.3, -0.25) is 10.2 Å². The lowest BCUT2D eigenvalue weighted by Crippen LogP contribution is -2.52. The van der Waals surface area contributed by atoms with Gasteiger partial charge in [0, 0.05) is 18.9 Å². The van der Waals surface area contributed by atoms with Crippen molar-refractivity contribution in [2.75, 3.05) is 20.3 Å². The molecule has 0 saturated heterocycles. The van der Waals surface area contributed by atoms with Crippen LogP contribution in [0.4, 0.5) is 9.59 Å². The summed E-state index contributed by atoms with van der Waals surface area (Å²) in [5.74, 6) is -0.899. The second kappa shape index (κ2) is 9.48. The van der Waals surface area contributed by atoms with Gasteiger partial charge in [-0.15, -0.1) is 0 Å². The van der Waals surface area contributed by atoms with Gasteiger partial charge < -0.3 is 19.9 Å². The Kier molecular flexibility index (Phi) is 6.76. The smallest absolute Gasteiger partial charge is 0.425 e. The topological polar surface area (TPSA) is 126 Å². The first-order valence-corrected chi connectivity index (χ1v) is 9.79. The molecule has 9 nitrogen and oxygen atoms in total. The Labute approximate surface area is 179 Å². The second-order valence-corrected chi connectivity index (χ2v) is 7.35. The molecular formula is C22H25N3O6. The predicted molar refractivity (Wildman–Crippen MR) is 112 cm³/mol. The van der Waals surface area contributed by atoms with Gasteiger partial charge in [0.1, 0.15) is 12.2 Å². The normalized spacial score (nSPS) is 13.9. The number of benzene rings is 2. The Hall–Kier alpha value is -3.59. The Balaban J connectivity index is 1.49. The lowest BCUT2D eigenvalue weighted by Gasteiger charge is -2.22. The van der Waals surface area contributed by atoms with E-state index in [4.69, 9.17) is 4.74 Å². The quantitative estimate of drug-likeness (QED) is 0.523. The van der Waals surface area contributed by atoms with Gasteiger partial charge in [-0.05, 0) is 29.2 Å². The largest absolute Gasteiger partial charge is 0.452 e. The third kappa shape index (κ3) is 5.13. The molecule has 2 aromatic rings. The lowest BCUT2D eigenvalue weighted by atomic mass is 9.98. The molecule has 0 aromatic heterocycles. The van der Waals surface area contributed by atoms with Crippen molar-refractivity contribution in [1.82, 2.24) is 16.2 Å². The summed E-state index contributed by atoms with van der Waals surface area (Å²) in [6.07, 6.45) is -1.61. The van der Waals surface area contributed by atoms with Crippen LogP contribution in [0.2, 0.25) is 0 Å². The lowest BCUT2D eigenvalue weighted by molar-refractivity contribution is -0.139. The number of hydrogen-bond donors (Lipinski definition) is 4. The van der Waals surface area contributed by atoms with Crippen LogP contribution in [0.1, 0.15) is 30.4 Å². The first-order valence-electron chi connectivity index (χ1n) is 9.79. The van der Waals surface area contributed by atoms with E-state index in [2.05, 4.69) is 22.2 Å². The van der Waals surface area contributed by atoms with Crippen molar-refractivity contribution in [2.24, 2.45) is 0 Å². The number of rotatable bonds is 6. The number of amides is 3. The average Bonchev–Trinajstić information content (AvgIpc) is 3.09. The fourth-order valence-electron chi connectivity index (χ4n) is 3.46. The molecule has 4 N–H and O–H groups in total. The third-order valence-corrected chi connectivity index (χ3v) is 5.18. The highest BCUT2D eigenvalue weighted by molar-refractivity contribution is 5.86. The molecule has 0 spiro atoms. The molecule has 0 aliphatic heterocycles. The molecule has 0 radical (unpaired) electrons. The number of carbonyl (C=O) groups is 3. The van der Waals surface area contributed by atoms with Crippen molar-refractivity contribution in [2.45, 2.75) is 24.9 Å². The minimum Gasteiger partial charge on any atom is -0.452 e. The van der Waals surface area contributed by atoms with E-state index in [1.807, 2.05) is 47.2 Å². The van der Waals surface area contributed by atoms with E-state index in [0.29, 0.717) is 0 Å². The molecule has 1 aliphatic rings. The highest BCUT2D eigenvalue weighted by Crippen LogP contribution is 2.44. The average molecular weight is 427 g/mol. The van der Waals surface area contributed by atoms with Crippen LogP contribution in [0.5, 0.6) is 0 Å². The molecule has 0 saturated carbocycles. The Morgan fingerprint density at radius 3 is 2.13 bits per heavy atom. The van der Waals surface area contributed by atoms with E-state index in [0.717, 1.165) is 29.4 Å². The summed E-state index contributed by atoms with van der Waals surface area (Å²) in [5, 5.41) is 12.7. The molecule has 1 atom stereocenters. The Morgan fingerprint density at radius 2 is 1.55 bits per heavy atom. The number of ether oxygens (including phenoxy) is 2. The van der Waals surface area contributed by atoms with Gasteiger partial charge in [0.15, 0.2) is 0 Å². The molecule has 164 valence electrons. The van der Waals surface area contributed by atoms with E-state index >= 15 is 0 Å². The minimum absolute atomic E-state index is 0.00464. The summed E-state index contributed by atoms with van der Waals surface area (Å²) >= 11 is 0. The van der Waals surface area contributed by atoms with Crippen LogP contribution in [0.15, 0.2) is 48.5 Å². The van der Waals surface area contributed by atoms with Gasteiger partial charge in [-0.25, -0.2) is 15.0 Å². The van der Waals surface area contributed by atoms with Crippen LogP contribution in [-0.4, -0.2) is 49.1 Å². The number of carbonyl (C=O) groups excluding carboxylic acids is 3. The number of hydrazine groups is 1. The number of aliphatic hydroxyl groups is 1. The Bertz CT molecular complexity index is 930. The molecule has 0 heterocycles. The van der Waals surface area contributed by atoms with Crippen molar-refractivity contribution in [1.29, 1.82) is 0 Å². The number of fused-ring (bicyclic) bond motifs is 3. The molecule has 31 heavy (non-hydrogen) atoms. The van der Waals surface area contributed by atoms with Crippen LogP contribution in [0.25, 0.3) is 11.1 Å². The number of hydrogen-bond acceptors (Lipinski definition) is 6. The molecule has 9 heteroatoms. The monoisotopic (exact) mass is 427 g/mol. The summed E-state index contributed by atoms with van der Waals surface area (Å²) in [6, 6.07) is 16.0.